The van der Waals surface area contributed by atoms with Gasteiger partial charge in [-0.2, -0.15) is 0 Å². The van der Waals surface area contributed by atoms with Gasteiger partial charge in [0.1, 0.15) is 5.75 Å². The van der Waals surface area contributed by atoms with E-state index in [1.807, 2.05) is 48.5 Å². The molecule has 0 atom stereocenters. The number of hydrogen-bond acceptors (Lipinski definition) is 3. The highest BCUT2D eigenvalue weighted by Gasteiger charge is 2.05. The standard InChI is InChI=1S/C20H26N2O2/c1-2-3-13-24-18-9-6-7-16(14-18)15-22-20(23)12-11-17-8-4-5-10-19(17)21/h4-10,14H,2-3,11-13,15,21H2,1H3,(H,22,23). The number of unbranched alkanes of at least 4 members (excludes halogenated alkanes) is 1. The Labute approximate surface area is 144 Å². The summed E-state index contributed by atoms with van der Waals surface area (Å²) in [5.41, 5.74) is 8.68. The Hall–Kier alpha value is -2.49. The Kier molecular flexibility index (Phi) is 7.15. The van der Waals surface area contributed by atoms with Gasteiger partial charge in [0.2, 0.25) is 5.91 Å². The lowest BCUT2D eigenvalue weighted by Crippen LogP contribution is -2.23. The van der Waals surface area contributed by atoms with Gasteiger partial charge < -0.3 is 15.8 Å². The Bertz CT molecular complexity index is 656. The van der Waals surface area contributed by atoms with E-state index in [0.717, 1.165) is 42.0 Å². The van der Waals surface area contributed by atoms with Gasteiger partial charge in [-0.1, -0.05) is 43.7 Å². The third-order valence-electron chi connectivity index (χ3n) is 3.83. The number of benzene rings is 2. The number of ether oxygens (including phenoxy) is 1. The zero-order valence-corrected chi connectivity index (χ0v) is 14.3. The van der Waals surface area contributed by atoms with Gasteiger partial charge in [-0.15, -0.1) is 0 Å². The molecule has 4 nitrogen and oxygen atoms in total. The molecule has 2 aromatic carbocycles. The van der Waals surface area contributed by atoms with Crippen LogP contribution < -0.4 is 15.8 Å². The smallest absolute Gasteiger partial charge is 0.220 e. The summed E-state index contributed by atoms with van der Waals surface area (Å²) in [4.78, 5) is 12.0. The zero-order chi connectivity index (χ0) is 17.2. The van der Waals surface area contributed by atoms with E-state index in [9.17, 15) is 4.79 Å². The first-order chi connectivity index (χ1) is 11.7. The number of nitrogens with one attached hydrogen (secondary N) is 1. The SMILES string of the molecule is CCCCOc1cccc(CNC(=O)CCc2ccccc2N)c1. The predicted molar refractivity (Wildman–Crippen MR) is 97.9 cm³/mol. The van der Waals surface area contributed by atoms with Crippen molar-refractivity contribution >= 4 is 11.6 Å². The van der Waals surface area contributed by atoms with Crippen LogP contribution in [0.2, 0.25) is 0 Å². The van der Waals surface area contributed by atoms with Gasteiger partial charge >= 0.3 is 0 Å². The number of anilines is 1. The molecule has 0 fully saturated rings. The van der Waals surface area contributed by atoms with Crippen molar-refractivity contribution in [2.24, 2.45) is 0 Å². The van der Waals surface area contributed by atoms with Crippen molar-refractivity contribution in [3.05, 3.63) is 59.7 Å². The second-order valence-electron chi connectivity index (χ2n) is 5.82. The van der Waals surface area contributed by atoms with Crippen molar-refractivity contribution in [2.75, 3.05) is 12.3 Å². The minimum Gasteiger partial charge on any atom is -0.494 e. The Morgan fingerprint density at radius 1 is 1.17 bits per heavy atom. The normalized spacial score (nSPS) is 10.4. The first kappa shape index (κ1) is 17.9. The van der Waals surface area contributed by atoms with Crippen LogP contribution in [0.15, 0.2) is 48.5 Å². The molecule has 0 aliphatic heterocycles. The molecule has 0 spiro atoms. The number of para-hydroxylation sites is 1. The molecule has 0 aliphatic carbocycles. The van der Waals surface area contributed by atoms with Gasteiger partial charge in [-0.05, 0) is 42.2 Å². The Balaban J connectivity index is 1.77. The number of carbonyl (C=O) groups excluding carboxylic acids is 1. The van der Waals surface area contributed by atoms with E-state index in [4.69, 9.17) is 10.5 Å². The highest BCUT2D eigenvalue weighted by atomic mass is 16.5. The molecule has 0 saturated carbocycles. The monoisotopic (exact) mass is 326 g/mol. The maximum absolute atomic E-state index is 12.0. The van der Waals surface area contributed by atoms with Crippen LogP contribution >= 0.6 is 0 Å². The molecule has 0 heterocycles. The summed E-state index contributed by atoms with van der Waals surface area (Å²) in [5, 5.41) is 2.95. The van der Waals surface area contributed by atoms with E-state index >= 15 is 0 Å². The van der Waals surface area contributed by atoms with Gasteiger partial charge in [-0.3, -0.25) is 4.79 Å². The third-order valence-corrected chi connectivity index (χ3v) is 3.83. The summed E-state index contributed by atoms with van der Waals surface area (Å²) >= 11 is 0. The van der Waals surface area contributed by atoms with Crippen LogP contribution in [-0.4, -0.2) is 12.5 Å². The van der Waals surface area contributed by atoms with Gasteiger partial charge in [0, 0.05) is 18.7 Å². The molecule has 2 aromatic rings. The van der Waals surface area contributed by atoms with Crippen LogP contribution in [0.4, 0.5) is 5.69 Å². The van der Waals surface area contributed by atoms with Crippen LogP contribution in [0.3, 0.4) is 0 Å². The van der Waals surface area contributed by atoms with E-state index in [1.165, 1.54) is 0 Å². The number of rotatable bonds is 9. The summed E-state index contributed by atoms with van der Waals surface area (Å²) in [6.45, 7) is 3.37. The molecular weight excluding hydrogens is 300 g/mol. The minimum absolute atomic E-state index is 0.0237. The number of nitrogens with two attached hydrogens (primary N) is 1. The van der Waals surface area contributed by atoms with Crippen molar-refractivity contribution < 1.29 is 9.53 Å². The Morgan fingerprint density at radius 2 is 2.00 bits per heavy atom. The number of nitrogen functional groups attached to an aromatic ring is 1. The molecule has 0 aliphatic rings. The average molecular weight is 326 g/mol. The van der Waals surface area contributed by atoms with Crippen molar-refractivity contribution in [3.63, 3.8) is 0 Å². The van der Waals surface area contributed by atoms with Crippen LogP contribution in [0.25, 0.3) is 0 Å². The summed E-state index contributed by atoms with van der Waals surface area (Å²) in [5.74, 6) is 0.878. The maximum Gasteiger partial charge on any atom is 0.220 e. The van der Waals surface area contributed by atoms with E-state index in [0.29, 0.717) is 19.4 Å². The van der Waals surface area contributed by atoms with Gasteiger partial charge in [0.15, 0.2) is 0 Å². The van der Waals surface area contributed by atoms with Gasteiger partial charge in [0.25, 0.3) is 0 Å². The lowest BCUT2D eigenvalue weighted by molar-refractivity contribution is -0.121. The Morgan fingerprint density at radius 3 is 2.79 bits per heavy atom. The summed E-state index contributed by atoms with van der Waals surface area (Å²) in [7, 11) is 0. The summed E-state index contributed by atoms with van der Waals surface area (Å²) < 4.78 is 5.69. The highest BCUT2D eigenvalue weighted by Crippen LogP contribution is 2.14. The molecule has 0 radical (unpaired) electrons. The molecule has 1 amide bonds. The highest BCUT2D eigenvalue weighted by molar-refractivity contribution is 5.76. The predicted octanol–water partition coefficient (Wildman–Crippen LogP) is 3.70. The largest absolute Gasteiger partial charge is 0.494 e. The lowest BCUT2D eigenvalue weighted by Gasteiger charge is -2.09. The van der Waals surface area contributed by atoms with Crippen molar-refractivity contribution in [2.45, 2.75) is 39.2 Å². The maximum atomic E-state index is 12.0. The van der Waals surface area contributed by atoms with Crippen molar-refractivity contribution in [3.8, 4) is 5.75 Å². The molecule has 2 rings (SSSR count). The molecule has 3 N–H and O–H groups in total. The first-order valence-corrected chi connectivity index (χ1v) is 8.51. The fraction of sp³-hybridized carbons (Fsp3) is 0.350. The molecule has 0 unspecified atom stereocenters. The van der Waals surface area contributed by atoms with Crippen molar-refractivity contribution in [1.29, 1.82) is 0 Å². The molecule has 24 heavy (non-hydrogen) atoms. The average Bonchev–Trinajstić information content (AvgIpc) is 2.60. The third kappa shape index (κ3) is 5.95. The molecular formula is C20H26N2O2. The molecule has 0 saturated heterocycles. The number of aryl methyl sites for hydroxylation is 1. The van der Waals surface area contributed by atoms with Crippen molar-refractivity contribution in [1.82, 2.24) is 5.32 Å². The number of carbonyl (C=O) groups is 1. The quantitative estimate of drug-likeness (QED) is 0.545. The molecule has 0 aromatic heterocycles. The first-order valence-electron chi connectivity index (χ1n) is 8.51. The van der Waals surface area contributed by atoms with Gasteiger partial charge in [-0.25, -0.2) is 0 Å². The lowest BCUT2D eigenvalue weighted by atomic mass is 10.1. The second kappa shape index (κ2) is 9.60. The van der Waals surface area contributed by atoms with E-state index in [-0.39, 0.29) is 5.91 Å². The molecule has 0 bridgehead atoms. The minimum atomic E-state index is 0.0237. The van der Waals surface area contributed by atoms with Crippen LogP contribution in [0, 0.1) is 0 Å². The van der Waals surface area contributed by atoms with Crippen LogP contribution in [0.5, 0.6) is 5.75 Å². The molecule has 4 heteroatoms. The molecule has 128 valence electrons. The fourth-order valence-electron chi connectivity index (χ4n) is 2.38. The zero-order valence-electron chi connectivity index (χ0n) is 14.3. The van der Waals surface area contributed by atoms with Crippen LogP contribution in [-0.2, 0) is 17.8 Å². The van der Waals surface area contributed by atoms with E-state index < -0.39 is 0 Å². The second-order valence-corrected chi connectivity index (χ2v) is 5.82. The topological polar surface area (TPSA) is 64.3 Å². The summed E-state index contributed by atoms with van der Waals surface area (Å²) in [6, 6.07) is 15.5. The van der Waals surface area contributed by atoms with Crippen LogP contribution in [0.1, 0.15) is 37.3 Å². The summed E-state index contributed by atoms with van der Waals surface area (Å²) in [6.07, 6.45) is 3.24. The number of hydrogen-bond donors (Lipinski definition) is 2. The van der Waals surface area contributed by atoms with E-state index in [1.54, 1.807) is 0 Å². The van der Waals surface area contributed by atoms with Gasteiger partial charge in [0.05, 0.1) is 6.61 Å². The fourth-order valence-corrected chi connectivity index (χ4v) is 2.38. The number of amides is 1. The van der Waals surface area contributed by atoms with E-state index in [2.05, 4.69) is 12.2 Å².